The van der Waals surface area contributed by atoms with Crippen molar-refractivity contribution in [2.75, 3.05) is 18.5 Å². The van der Waals surface area contributed by atoms with Crippen LogP contribution in [0.4, 0.5) is 5.95 Å². The van der Waals surface area contributed by atoms with Crippen molar-refractivity contribution in [2.45, 2.75) is 25.9 Å². The fraction of sp³-hybridized carbons (Fsp3) is 0.231. The third-order valence-electron chi connectivity index (χ3n) is 6.16. The summed E-state index contributed by atoms with van der Waals surface area (Å²) in [6, 6.07) is 15.5. The molecule has 4 heterocycles. The highest BCUT2D eigenvalue weighted by Gasteiger charge is 2.21. The molecule has 0 radical (unpaired) electrons. The summed E-state index contributed by atoms with van der Waals surface area (Å²) < 4.78 is 13.4. The highest BCUT2D eigenvalue weighted by Crippen LogP contribution is 2.31. The Kier molecular flexibility index (Phi) is 5.09. The van der Waals surface area contributed by atoms with Crippen molar-refractivity contribution in [1.29, 1.82) is 0 Å². The maximum atomic E-state index is 13.5. The highest BCUT2D eigenvalue weighted by molar-refractivity contribution is 6.02. The van der Waals surface area contributed by atoms with Crippen LogP contribution >= 0.6 is 0 Å². The third kappa shape index (κ3) is 3.74. The third-order valence-corrected chi connectivity index (χ3v) is 6.16. The van der Waals surface area contributed by atoms with E-state index in [9.17, 15) is 4.79 Å². The van der Waals surface area contributed by atoms with Gasteiger partial charge in [0.2, 0.25) is 5.95 Å². The summed E-state index contributed by atoms with van der Waals surface area (Å²) in [4.78, 5) is 22.7. The van der Waals surface area contributed by atoms with Crippen molar-refractivity contribution in [2.24, 2.45) is 0 Å². The zero-order valence-electron chi connectivity index (χ0n) is 19.4. The quantitative estimate of drug-likeness (QED) is 0.401. The van der Waals surface area contributed by atoms with Gasteiger partial charge in [-0.15, -0.1) is 0 Å². The summed E-state index contributed by atoms with van der Waals surface area (Å²) in [5.41, 5.74) is 2.73. The second kappa shape index (κ2) is 8.43. The molecule has 35 heavy (non-hydrogen) atoms. The van der Waals surface area contributed by atoms with E-state index in [1.165, 1.54) is 0 Å². The number of nitrogens with one attached hydrogen (secondary N) is 2. The van der Waals surface area contributed by atoms with Gasteiger partial charge in [-0.2, -0.15) is 10.1 Å². The molecular weight excluding hydrogens is 444 g/mol. The van der Waals surface area contributed by atoms with Crippen LogP contribution in [-0.4, -0.2) is 44.0 Å². The second-order valence-corrected chi connectivity index (χ2v) is 8.85. The van der Waals surface area contributed by atoms with E-state index < -0.39 is 0 Å². The molecule has 2 N–H and O–H groups in total. The van der Waals surface area contributed by atoms with Crippen LogP contribution in [0, 0.1) is 0 Å². The first-order chi connectivity index (χ1) is 17.1. The van der Waals surface area contributed by atoms with Crippen molar-refractivity contribution >= 4 is 27.9 Å². The Bertz CT molecular complexity index is 1610. The molecule has 9 nitrogen and oxygen atoms in total. The standard InChI is InChI=1S/C26H24N6O3/c1-15(2)16-6-5-7-17(10-16)32-24-19(23-20(25(32)33)13-29-31-23)12-28-26(30-24)27-11-18-14-34-21-8-3-4-9-22(21)35-18/h3-10,12-13,15,18H,11,14H2,1-2H3,(H,29,31)(H,27,28,30)/t18-/m0/s1. The van der Waals surface area contributed by atoms with Crippen molar-refractivity contribution < 1.29 is 9.47 Å². The lowest BCUT2D eigenvalue weighted by Crippen LogP contribution is -2.35. The summed E-state index contributed by atoms with van der Waals surface area (Å²) >= 11 is 0. The van der Waals surface area contributed by atoms with Gasteiger partial charge in [-0.05, 0) is 35.7 Å². The number of nitrogens with zero attached hydrogens (tertiary/aromatic N) is 4. The Morgan fingerprint density at radius 2 is 2.00 bits per heavy atom. The predicted molar refractivity (Wildman–Crippen MR) is 134 cm³/mol. The van der Waals surface area contributed by atoms with Crippen LogP contribution < -0.4 is 20.3 Å². The molecule has 1 aliphatic rings. The van der Waals surface area contributed by atoms with Crippen LogP contribution in [0.3, 0.4) is 0 Å². The maximum absolute atomic E-state index is 13.5. The molecule has 0 fully saturated rings. The number of rotatable bonds is 5. The predicted octanol–water partition coefficient (Wildman–Crippen LogP) is 4.03. The number of hydrogen-bond donors (Lipinski definition) is 2. The molecule has 2 aromatic carbocycles. The van der Waals surface area contributed by atoms with Crippen molar-refractivity contribution in [3.8, 4) is 17.2 Å². The number of aromatic amines is 1. The van der Waals surface area contributed by atoms with E-state index in [0.717, 1.165) is 17.0 Å². The summed E-state index contributed by atoms with van der Waals surface area (Å²) in [6.07, 6.45) is 3.11. The van der Waals surface area contributed by atoms with Crippen LogP contribution in [0.1, 0.15) is 25.3 Å². The van der Waals surface area contributed by atoms with Gasteiger partial charge in [0, 0.05) is 12.4 Å². The van der Waals surface area contributed by atoms with E-state index in [4.69, 9.17) is 14.5 Å². The molecule has 0 spiro atoms. The zero-order chi connectivity index (χ0) is 23.9. The average Bonchev–Trinajstić information content (AvgIpc) is 3.38. The first-order valence-electron chi connectivity index (χ1n) is 11.6. The highest BCUT2D eigenvalue weighted by atomic mass is 16.6. The fourth-order valence-corrected chi connectivity index (χ4v) is 4.30. The van der Waals surface area contributed by atoms with Crippen molar-refractivity contribution in [3.63, 3.8) is 0 Å². The number of aromatic nitrogens is 5. The Hall–Kier alpha value is -4.40. The Balaban J connectivity index is 1.39. The van der Waals surface area contributed by atoms with Gasteiger partial charge in [-0.3, -0.25) is 14.5 Å². The number of H-pyrrole nitrogens is 1. The monoisotopic (exact) mass is 468 g/mol. The molecule has 0 saturated heterocycles. The molecule has 6 rings (SSSR count). The SMILES string of the molecule is CC(C)c1cccc(-n2c(=O)c3c[nH]nc3c3cnc(NC[C@H]4COc5ccccc5O4)nc32)c1. The fourth-order valence-electron chi connectivity index (χ4n) is 4.30. The lowest BCUT2D eigenvalue weighted by molar-refractivity contribution is 0.0996. The van der Waals surface area contributed by atoms with Crippen LogP contribution in [0.15, 0.2) is 65.7 Å². The summed E-state index contributed by atoms with van der Waals surface area (Å²) in [7, 11) is 0. The summed E-state index contributed by atoms with van der Waals surface area (Å²) in [5, 5.41) is 11.5. The topological polar surface area (TPSA) is 107 Å². The van der Waals surface area contributed by atoms with Crippen LogP contribution in [0.2, 0.25) is 0 Å². The van der Waals surface area contributed by atoms with Gasteiger partial charge >= 0.3 is 0 Å². The van der Waals surface area contributed by atoms with E-state index in [1.807, 2.05) is 42.5 Å². The minimum Gasteiger partial charge on any atom is -0.486 e. The van der Waals surface area contributed by atoms with E-state index in [0.29, 0.717) is 52.7 Å². The van der Waals surface area contributed by atoms with E-state index in [-0.39, 0.29) is 11.7 Å². The molecule has 1 aliphatic heterocycles. The average molecular weight is 469 g/mol. The number of benzene rings is 2. The van der Waals surface area contributed by atoms with E-state index in [1.54, 1.807) is 17.0 Å². The molecule has 3 aromatic heterocycles. The number of ether oxygens (including phenoxy) is 2. The first kappa shape index (κ1) is 21.2. The van der Waals surface area contributed by atoms with E-state index >= 15 is 0 Å². The first-order valence-corrected chi connectivity index (χ1v) is 11.6. The van der Waals surface area contributed by atoms with Gasteiger partial charge in [0.1, 0.15) is 18.2 Å². The molecule has 0 bridgehead atoms. The molecule has 5 aromatic rings. The van der Waals surface area contributed by atoms with Crippen molar-refractivity contribution in [3.05, 3.63) is 76.8 Å². The van der Waals surface area contributed by atoms with Crippen LogP contribution in [0.25, 0.3) is 27.6 Å². The van der Waals surface area contributed by atoms with Gasteiger partial charge < -0.3 is 14.8 Å². The maximum Gasteiger partial charge on any atom is 0.267 e. The zero-order valence-corrected chi connectivity index (χ0v) is 19.4. The Morgan fingerprint density at radius 3 is 2.86 bits per heavy atom. The van der Waals surface area contributed by atoms with Gasteiger partial charge in [0.05, 0.1) is 23.0 Å². The molecule has 9 heteroatoms. The molecule has 0 amide bonds. The number of pyridine rings is 1. The molecule has 0 aliphatic carbocycles. The van der Waals surface area contributed by atoms with Crippen LogP contribution in [0.5, 0.6) is 11.5 Å². The minimum atomic E-state index is -0.206. The van der Waals surface area contributed by atoms with Gasteiger partial charge in [0.15, 0.2) is 17.1 Å². The van der Waals surface area contributed by atoms with E-state index in [2.05, 4.69) is 40.4 Å². The largest absolute Gasteiger partial charge is 0.486 e. The number of anilines is 1. The van der Waals surface area contributed by atoms with Gasteiger partial charge in [0.25, 0.3) is 5.56 Å². The molecule has 1 atom stereocenters. The lowest BCUT2D eigenvalue weighted by atomic mass is 10.0. The molecule has 176 valence electrons. The summed E-state index contributed by atoms with van der Waals surface area (Å²) in [6.45, 7) is 5.10. The molecule has 0 unspecified atom stereocenters. The molecule has 0 saturated carbocycles. The summed E-state index contributed by atoms with van der Waals surface area (Å²) in [5.74, 6) is 2.17. The lowest BCUT2D eigenvalue weighted by Gasteiger charge is -2.26. The normalized spacial score (nSPS) is 15.1. The van der Waals surface area contributed by atoms with Crippen molar-refractivity contribution in [1.82, 2.24) is 24.7 Å². The Morgan fingerprint density at radius 1 is 1.14 bits per heavy atom. The Labute approximate surface area is 200 Å². The smallest absolute Gasteiger partial charge is 0.267 e. The number of para-hydroxylation sites is 2. The van der Waals surface area contributed by atoms with Gasteiger partial charge in [-0.25, -0.2) is 4.98 Å². The van der Waals surface area contributed by atoms with Crippen LogP contribution in [-0.2, 0) is 0 Å². The minimum absolute atomic E-state index is 0.188. The number of hydrogen-bond acceptors (Lipinski definition) is 7. The number of fused-ring (bicyclic) bond motifs is 4. The second-order valence-electron chi connectivity index (χ2n) is 8.85. The molecular formula is C26H24N6O3. The van der Waals surface area contributed by atoms with Gasteiger partial charge in [-0.1, -0.05) is 38.1 Å².